The molecule has 1 N–H and O–H groups in total. The predicted octanol–water partition coefficient (Wildman–Crippen LogP) is 7.11. The van der Waals surface area contributed by atoms with Crippen molar-refractivity contribution in [2.24, 2.45) is 0 Å². The first-order chi connectivity index (χ1) is 12.2. The number of unbranched alkanes of at least 4 members (excludes halogenated alkanes) is 13. The van der Waals surface area contributed by atoms with Crippen LogP contribution >= 0.6 is 27.7 Å². The fourth-order valence-electron chi connectivity index (χ4n) is 2.90. The smallest absolute Gasteiger partial charge is 0.265 e. The molecule has 0 spiro atoms. The van der Waals surface area contributed by atoms with Crippen LogP contribution in [0.2, 0.25) is 0 Å². The van der Waals surface area contributed by atoms with Gasteiger partial charge < -0.3 is 4.98 Å². The van der Waals surface area contributed by atoms with Gasteiger partial charge in [0.2, 0.25) is 0 Å². The SMILES string of the molecule is CCCCCCCCCCCCCCCCSc1ncc(Br)c(=O)[nH]1. The summed E-state index contributed by atoms with van der Waals surface area (Å²) in [4.78, 5) is 18.4. The van der Waals surface area contributed by atoms with E-state index in [9.17, 15) is 4.79 Å². The van der Waals surface area contributed by atoms with E-state index in [0.717, 1.165) is 10.9 Å². The predicted molar refractivity (Wildman–Crippen MR) is 114 cm³/mol. The van der Waals surface area contributed by atoms with E-state index in [-0.39, 0.29) is 5.56 Å². The van der Waals surface area contributed by atoms with Crippen molar-refractivity contribution in [3.8, 4) is 0 Å². The number of thioether (sulfide) groups is 1. The number of H-pyrrole nitrogens is 1. The van der Waals surface area contributed by atoms with Crippen molar-refractivity contribution in [2.45, 2.75) is 102 Å². The summed E-state index contributed by atoms with van der Waals surface area (Å²) in [7, 11) is 0. The van der Waals surface area contributed by atoms with Gasteiger partial charge >= 0.3 is 0 Å². The third kappa shape index (κ3) is 12.7. The molecule has 144 valence electrons. The second kappa shape index (κ2) is 15.9. The molecular weight excluding hydrogens is 396 g/mol. The first-order valence-corrected chi connectivity index (χ1v) is 11.9. The quantitative estimate of drug-likeness (QED) is 0.172. The molecule has 0 aliphatic rings. The van der Waals surface area contributed by atoms with E-state index in [1.54, 1.807) is 18.0 Å². The molecule has 3 nitrogen and oxygen atoms in total. The van der Waals surface area contributed by atoms with Gasteiger partial charge in [0.05, 0.1) is 0 Å². The van der Waals surface area contributed by atoms with Crippen LogP contribution < -0.4 is 5.56 Å². The standard InChI is InChI=1S/C20H35BrN2OS/c1-2-3-4-5-6-7-8-9-10-11-12-13-14-15-16-25-20-22-17-18(21)19(24)23-20/h17H,2-16H2,1H3,(H,22,23,24). The second-order valence-corrected chi connectivity index (χ2v) is 8.75. The number of hydrogen-bond acceptors (Lipinski definition) is 3. The maximum absolute atomic E-state index is 11.4. The van der Waals surface area contributed by atoms with Gasteiger partial charge in [0.25, 0.3) is 5.56 Å². The summed E-state index contributed by atoms with van der Waals surface area (Å²) >= 11 is 4.80. The Morgan fingerprint density at radius 2 is 1.36 bits per heavy atom. The Bertz CT molecular complexity index is 493. The van der Waals surface area contributed by atoms with Crippen LogP contribution in [0.4, 0.5) is 0 Å². The Hall–Kier alpha value is -0.290. The van der Waals surface area contributed by atoms with Crippen LogP contribution in [-0.4, -0.2) is 15.7 Å². The van der Waals surface area contributed by atoms with Crippen molar-refractivity contribution in [3.63, 3.8) is 0 Å². The molecule has 0 bridgehead atoms. The summed E-state index contributed by atoms with van der Waals surface area (Å²) in [6.07, 6.45) is 20.9. The number of nitrogens with zero attached hydrogens (tertiary/aromatic N) is 1. The van der Waals surface area contributed by atoms with Gasteiger partial charge in [-0.1, -0.05) is 102 Å². The summed E-state index contributed by atoms with van der Waals surface area (Å²) in [6.45, 7) is 2.28. The first-order valence-electron chi connectivity index (χ1n) is 10.1. The van der Waals surface area contributed by atoms with Gasteiger partial charge in [0.1, 0.15) is 4.47 Å². The lowest BCUT2D eigenvalue weighted by atomic mass is 10.0. The summed E-state index contributed by atoms with van der Waals surface area (Å²) in [5.74, 6) is 1.03. The van der Waals surface area contributed by atoms with Gasteiger partial charge in [-0.25, -0.2) is 4.98 Å². The Morgan fingerprint density at radius 3 is 1.84 bits per heavy atom. The van der Waals surface area contributed by atoms with Crippen LogP contribution in [-0.2, 0) is 0 Å². The Morgan fingerprint density at radius 1 is 0.880 bits per heavy atom. The van der Waals surface area contributed by atoms with E-state index in [1.807, 2.05) is 0 Å². The molecule has 0 atom stereocenters. The number of hydrogen-bond donors (Lipinski definition) is 1. The molecular formula is C20H35BrN2OS. The van der Waals surface area contributed by atoms with E-state index in [2.05, 4.69) is 32.8 Å². The summed E-state index contributed by atoms with van der Waals surface area (Å²) in [6, 6.07) is 0. The van der Waals surface area contributed by atoms with Gasteiger partial charge in [-0.3, -0.25) is 4.79 Å². The van der Waals surface area contributed by atoms with Gasteiger partial charge in [0, 0.05) is 11.9 Å². The minimum Gasteiger partial charge on any atom is -0.301 e. The molecule has 0 aliphatic heterocycles. The minimum absolute atomic E-state index is 0.0986. The third-order valence-corrected chi connectivity index (χ3v) is 6.01. The molecule has 0 aliphatic carbocycles. The average molecular weight is 431 g/mol. The van der Waals surface area contributed by atoms with E-state index >= 15 is 0 Å². The molecule has 5 heteroatoms. The molecule has 1 heterocycles. The zero-order chi connectivity index (χ0) is 18.2. The number of nitrogens with one attached hydrogen (secondary N) is 1. The molecule has 0 radical (unpaired) electrons. The Labute approximate surface area is 166 Å². The number of halogens is 1. The van der Waals surface area contributed by atoms with Crippen LogP contribution in [0.1, 0.15) is 96.8 Å². The third-order valence-electron chi connectivity index (χ3n) is 4.47. The Kier molecular flexibility index (Phi) is 14.5. The molecule has 0 amide bonds. The monoisotopic (exact) mass is 430 g/mol. The summed E-state index contributed by atoms with van der Waals surface area (Å²) < 4.78 is 0.494. The molecule has 0 fully saturated rings. The summed E-state index contributed by atoms with van der Waals surface area (Å²) in [5.41, 5.74) is -0.0986. The largest absolute Gasteiger partial charge is 0.301 e. The van der Waals surface area contributed by atoms with E-state index in [1.165, 1.54) is 89.9 Å². The van der Waals surface area contributed by atoms with Gasteiger partial charge in [-0.05, 0) is 22.4 Å². The van der Waals surface area contributed by atoms with Gasteiger partial charge in [0.15, 0.2) is 5.16 Å². The highest BCUT2D eigenvalue weighted by atomic mass is 79.9. The van der Waals surface area contributed by atoms with E-state index in [4.69, 9.17) is 0 Å². The maximum Gasteiger partial charge on any atom is 0.265 e. The average Bonchev–Trinajstić information content (AvgIpc) is 2.61. The fraction of sp³-hybridized carbons (Fsp3) is 0.800. The molecule has 1 aromatic heterocycles. The molecule has 1 aromatic rings. The number of rotatable bonds is 16. The zero-order valence-electron chi connectivity index (χ0n) is 15.8. The highest BCUT2D eigenvalue weighted by molar-refractivity contribution is 9.10. The number of aromatic amines is 1. The molecule has 0 aromatic carbocycles. The van der Waals surface area contributed by atoms with E-state index < -0.39 is 0 Å². The molecule has 0 saturated carbocycles. The van der Waals surface area contributed by atoms with Crippen molar-refractivity contribution in [2.75, 3.05) is 5.75 Å². The zero-order valence-corrected chi connectivity index (χ0v) is 18.2. The lowest BCUT2D eigenvalue weighted by molar-refractivity contribution is 0.538. The van der Waals surface area contributed by atoms with Gasteiger partial charge in [-0.15, -0.1) is 0 Å². The molecule has 0 saturated heterocycles. The van der Waals surface area contributed by atoms with Gasteiger partial charge in [-0.2, -0.15) is 0 Å². The first kappa shape index (κ1) is 22.8. The molecule has 0 unspecified atom stereocenters. The van der Waals surface area contributed by atoms with Crippen LogP contribution in [0.3, 0.4) is 0 Å². The summed E-state index contributed by atoms with van der Waals surface area (Å²) in [5, 5.41) is 0.725. The van der Waals surface area contributed by atoms with Crippen LogP contribution in [0.25, 0.3) is 0 Å². The second-order valence-electron chi connectivity index (χ2n) is 6.81. The van der Waals surface area contributed by atoms with Crippen molar-refractivity contribution in [3.05, 3.63) is 21.0 Å². The van der Waals surface area contributed by atoms with Crippen molar-refractivity contribution in [1.29, 1.82) is 0 Å². The number of aromatic nitrogens is 2. The molecule has 1 rings (SSSR count). The van der Waals surface area contributed by atoms with E-state index in [0.29, 0.717) is 4.47 Å². The minimum atomic E-state index is -0.0986. The van der Waals surface area contributed by atoms with Crippen molar-refractivity contribution >= 4 is 27.7 Å². The Balaban J connectivity index is 1.81. The van der Waals surface area contributed by atoms with Crippen LogP contribution in [0, 0.1) is 0 Å². The topological polar surface area (TPSA) is 45.8 Å². The molecule has 25 heavy (non-hydrogen) atoms. The highest BCUT2D eigenvalue weighted by Crippen LogP contribution is 2.16. The van der Waals surface area contributed by atoms with Crippen molar-refractivity contribution in [1.82, 2.24) is 9.97 Å². The lowest BCUT2D eigenvalue weighted by Crippen LogP contribution is -2.08. The fourth-order valence-corrected chi connectivity index (χ4v) is 3.94. The normalized spacial score (nSPS) is 11.1. The highest BCUT2D eigenvalue weighted by Gasteiger charge is 2.00. The van der Waals surface area contributed by atoms with Crippen molar-refractivity contribution < 1.29 is 0 Å². The lowest BCUT2D eigenvalue weighted by Gasteiger charge is -2.03. The van der Waals surface area contributed by atoms with Crippen LogP contribution in [0.15, 0.2) is 20.6 Å². The maximum atomic E-state index is 11.4. The van der Waals surface area contributed by atoms with Crippen LogP contribution in [0.5, 0.6) is 0 Å².